The first kappa shape index (κ1) is 11.1. The van der Waals surface area contributed by atoms with Crippen molar-refractivity contribution in [3.63, 3.8) is 0 Å². The molecule has 0 aromatic heterocycles. The summed E-state index contributed by atoms with van der Waals surface area (Å²) in [6, 6.07) is 0.0745. The number of sulfonamides is 1. The fourth-order valence-electron chi connectivity index (χ4n) is 1.93. The predicted molar refractivity (Wildman–Crippen MR) is 59.0 cm³/mol. The fraction of sp³-hybridized carbons (Fsp3) is 0.556. The topological polar surface area (TPSA) is 102 Å². The molecular formula is C9H13N3O3S. The Bertz CT molecular complexity index is 472. The summed E-state index contributed by atoms with van der Waals surface area (Å²) in [6.07, 6.45) is 5.02. The number of nitrogens with one attached hydrogen (secondary N) is 1. The van der Waals surface area contributed by atoms with Crippen molar-refractivity contribution >= 4 is 21.8 Å². The summed E-state index contributed by atoms with van der Waals surface area (Å²) in [5, 5.41) is 2.68. The molecule has 16 heavy (non-hydrogen) atoms. The molecule has 0 aromatic rings. The van der Waals surface area contributed by atoms with Crippen LogP contribution in [0.3, 0.4) is 0 Å². The van der Waals surface area contributed by atoms with E-state index in [-0.39, 0.29) is 16.8 Å². The fourth-order valence-corrected chi connectivity index (χ4v) is 2.92. The van der Waals surface area contributed by atoms with Crippen LogP contribution in [0.2, 0.25) is 0 Å². The highest BCUT2D eigenvalue weighted by Gasteiger charge is 2.31. The standard InChI is InChI=1S/C9H13N3O3S/c10-8-5-7(16(14,15)12-8)9(13)11-6-3-1-2-4-6/h5-6H,1-4H2,(H2,10,12)(H,11,13). The van der Waals surface area contributed by atoms with Crippen LogP contribution in [0.25, 0.3) is 0 Å². The Hall–Kier alpha value is -1.37. The van der Waals surface area contributed by atoms with E-state index in [9.17, 15) is 13.2 Å². The molecule has 0 atom stereocenters. The average Bonchev–Trinajstić information content (AvgIpc) is 2.73. The summed E-state index contributed by atoms with van der Waals surface area (Å²) in [4.78, 5) is 11.3. The van der Waals surface area contributed by atoms with Gasteiger partial charge in [0.15, 0.2) is 4.91 Å². The lowest BCUT2D eigenvalue weighted by atomic mass is 10.2. The molecule has 0 unspecified atom stereocenters. The van der Waals surface area contributed by atoms with Crippen molar-refractivity contribution in [2.75, 3.05) is 0 Å². The normalized spacial score (nSPS) is 24.0. The van der Waals surface area contributed by atoms with E-state index in [0.717, 1.165) is 31.8 Å². The molecule has 2 aliphatic rings. The Morgan fingerprint density at radius 1 is 1.44 bits per heavy atom. The van der Waals surface area contributed by atoms with Gasteiger partial charge in [-0.05, 0) is 12.8 Å². The van der Waals surface area contributed by atoms with Crippen molar-refractivity contribution in [1.82, 2.24) is 5.32 Å². The number of amides is 1. The van der Waals surface area contributed by atoms with Gasteiger partial charge >= 0.3 is 0 Å². The molecule has 0 aromatic carbocycles. The van der Waals surface area contributed by atoms with E-state index >= 15 is 0 Å². The molecule has 7 heteroatoms. The maximum absolute atomic E-state index is 11.7. The summed E-state index contributed by atoms with van der Waals surface area (Å²) in [7, 11) is -3.87. The van der Waals surface area contributed by atoms with Gasteiger partial charge in [-0.15, -0.1) is 4.40 Å². The number of carbonyl (C=O) groups is 1. The molecule has 1 heterocycles. The van der Waals surface area contributed by atoms with Gasteiger partial charge in [0.1, 0.15) is 5.84 Å². The molecule has 0 saturated heterocycles. The second-order valence-electron chi connectivity index (χ2n) is 3.95. The number of amidine groups is 1. The summed E-state index contributed by atoms with van der Waals surface area (Å²) in [6.45, 7) is 0. The number of hydrogen-bond acceptors (Lipinski definition) is 4. The molecule has 6 nitrogen and oxygen atoms in total. The zero-order valence-electron chi connectivity index (χ0n) is 8.64. The lowest BCUT2D eigenvalue weighted by Gasteiger charge is -2.11. The first-order chi connectivity index (χ1) is 7.49. The second-order valence-corrected chi connectivity index (χ2v) is 5.53. The first-order valence-corrected chi connectivity index (χ1v) is 6.56. The Balaban J connectivity index is 2.09. The minimum atomic E-state index is -3.87. The van der Waals surface area contributed by atoms with Gasteiger partial charge in [-0.25, -0.2) is 0 Å². The van der Waals surface area contributed by atoms with Gasteiger partial charge in [-0.2, -0.15) is 8.42 Å². The van der Waals surface area contributed by atoms with Crippen LogP contribution in [0, 0.1) is 0 Å². The Labute approximate surface area is 93.7 Å². The van der Waals surface area contributed by atoms with Gasteiger partial charge in [0.05, 0.1) is 0 Å². The summed E-state index contributed by atoms with van der Waals surface area (Å²) in [5.41, 5.74) is 5.26. The lowest BCUT2D eigenvalue weighted by Crippen LogP contribution is -2.34. The summed E-state index contributed by atoms with van der Waals surface area (Å²) in [5.74, 6) is -0.743. The highest BCUT2D eigenvalue weighted by atomic mass is 32.2. The number of carbonyl (C=O) groups excluding carboxylic acids is 1. The quantitative estimate of drug-likeness (QED) is 0.690. The molecule has 2 rings (SSSR count). The third kappa shape index (κ3) is 2.08. The maximum Gasteiger partial charge on any atom is 0.289 e. The molecule has 1 amide bonds. The van der Waals surface area contributed by atoms with Crippen molar-refractivity contribution in [3.8, 4) is 0 Å². The number of hydrogen-bond donors (Lipinski definition) is 2. The van der Waals surface area contributed by atoms with Crippen molar-refractivity contribution in [2.24, 2.45) is 10.1 Å². The van der Waals surface area contributed by atoms with Crippen LogP contribution in [0.4, 0.5) is 0 Å². The first-order valence-electron chi connectivity index (χ1n) is 5.12. The second kappa shape index (κ2) is 3.89. The van der Waals surface area contributed by atoms with Gasteiger partial charge in [-0.1, -0.05) is 12.8 Å². The van der Waals surface area contributed by atoms with E-state index in [1.54, 1.807) is 0 Å². The Morgan fingerprint density at radius 2 is 2.06 bits per heavy atom. The van der Waals surface area contributed by atoms with E-state index in [1.165, 1.54) is 0 Å². The zero-order chi connectivity index (χ0) is 11.8. The third-order valence-corrected chi connectivity index (χ3v) is 4.01. The predicted octanol–water partition coefficient (Wildman–Crippen LogP) is -0.370. The number of nitrogens with zero attached hydrogens (tertiary/aromatic N) is 1. The minimum absolute atomic E-state index is 0.0745. The van der Waals surface area contributed by atoms with Gasteiger partial charge in [0.25, 0.3) is 15.9 Å². The van der Waals surface area contributed by atoms with Crippen LogP contribution in [0.15, 0.2) is 15.4 Å². The van der Waals surface area contributed by atoms with Gasteiger partial charge in [0, 0.05) is 12.1 Å². The summed E-state index contributed by atoms with van der Waals surface area (Å²) < 4.78 is 26.0. The van der Waals surface area contributed by atoms with E-state index in [0.29, 0.717) is 0 Å². The largest absolute Gasteiger partial charge is 0.383 e. The lowest BCUT2D eigenvalue weighted by molar-refractivity contribution is -0.117. The molecule has 3 N–H and O–H groups in total. The van der Waals surface area contributed by atoms with Crippen molar-refractivity contribution in [3.05, 3.63) is 11.0 Å². The van der Waals surface area contributed by atoms with Crippen LogP contribution in [-0.4, -0.2) is 26.2 Å². The zero-order valence-corrected chi connectivity index (χ0v) is 9.46. The van der Waals surface area contributed by atoms with Crippen LogP contribution < -0.4 is 11.1 Å². The number of nitrogens with two attached hydrogens (primary N) is 1. The SMILES string of the molecule is NC1=NS(=O)(=O)C(C(=O)NC2CCCC2)=C1. The third-order valence-electron chi connectivity index (χ3n) is 2.70. The van der Waals surface area contributed by atoms with E-state index in [1.807, 2.05) is 0 Å². The minimum Gasteiger partial charge on any atom is -0.383 e. The molecule has 1 fully saturated rings. The van der Waals surface area contributed by atoms with Crippen LogP contribution in [0.1, 0.15) is 25.7 Å². The molecular weight excluding hydrogens is 230 g/mol. The molecule has 88 valence electrons. The highest BCUT2D eigenvalue weighted by Crippen LogP contribution is 2.20. The molecule has 1 aliphatic heterocycles. The molecule has 0 radical (unpaired) electrons. The molecule has 0 bridgehead atoms. The summed E-state index contributed by atoms with van der Waals surface area (Å²) >= 11 is 0. The Kier molecular flexibility index (Phi) is 2.71. The Morgan fingerprint density at radius 3 is 2.56 bits per heavy atom. The molecule has 0 spiro atoms. The van der Waals surface area contributed by atoms with E-state index in [4.69, 9.17) is 5.73 Å². The van der Waals surface area contributed by atoms with Crippen LogP contribution >= 0.6 is 0 Å². The van der Waals surface area contributed by atoms with E-state index < -0.39 is 15.9 Å². The smallest absolute Gasteiger partial charge is 0.289 e. The van der Waals surface area contributed by atoms with Crippen LogP contribution in [-0.2, 0) is 14.8 Å². The van der Waals surface area contributed by atoms with Crippen molar-refractivity contribution in [1.29, 1.82) is 0 Å². The number of rotatable bonds is 2. The van der Waals surface area contributed by atoms with Crippen molar-refractivity contribution in [2.45, 2.75) is 31.7 Å². The van der Waals surface area contributed by atoms with Gasteiger partial charge < -0.3 is 11.1 Å². The van der Waals surface area contributed by atoms with Gasteiger partial charge in [-0.3, -0.25) is 4.79 Å². The van der Waals surface area contributed by atoms with Gasteiger partial charge in [0.2, 0.25) is 0 Å². The molecule has 1 aliphatic carbocycles. The van der Waals surface area contributed by atoms with Crippen LogP contribution in [0.5, 0.6) is 0 Å². The molecule has 1 saturated carbocycles. The van der Waals surface area contributed by atoms with Crippen molar-refractivity contribution < 1.29 is 13.2 Å². The maximum atomic E-state index is 11.7. The van der Waals surface area contributed by atoms with E-state index in [2.05, 4.69) is 9.71 Å². The highest BCUT2D eigenvalue weighted by molar-refractivity contribution is 7.95. The monoisotopic (exact) mass is 243 g/mol. The average molecular weight is 243 g/mol.